The highest BCUT2D eigenvalue weighted by atomic mass is 15.4. The molecule has 0 aliphatic carbocycles. The Morgan fingerprint density at radius 3 is 1.55 bits per heavy atom. The Labute approximate surface area is 127 Å². The van der Waals surface area contributed by atoms with Crippen LogP contribution in [0.4, 0.5) is 0 Å². The van der Waals surface area contributed by atoms with Gasteiger partial charge in [-0.25, -0.2) is 0 Å². The molecule has 0 N–H and O–H groups in total. The Morgan fingerprint density at radius 1 is 0.750 bits per heavy atom. The Bertz CT molecular complexity index is 238. The normalized spacial score (nSPS) is 15.8. The van der Waals surface area contributed by atoms with E-state index in [0.29, 0.717) is 12.1 Å². The molecule has 0 aromatic heterocycles. The summed E-state index contributed by atoms with van der Waals surface area (Å²) >= 11 is 0. The highest BCUT2D eigenvalue weighted by molar-refractivity contribution is 4.98. The predicted octanol–water partition coefficient (Wildman–Crippen LogP) is 5.22. The molecule has 20 heavy (non-hydrogen) atoms. The first-order valence-corrected chi connectivity index (χ1v) is 8.90. The van der Waals surface area contributed by atoms with Gasteiger partial charge in [-0.1, -0.05) is 66.2 Å². The molecule has 0 bridgehead atoms. The van der Waals surface area contributed by atoms with Gasteiger partial charge >= 0.3 is 0 Å². The van der Waals surface area contributed by atoms with E-state index in [1.807, 2.05) is 0 Å². The number of nitrogens with zero attached hydrogens (tertiary/aromatic N) is 2. The number of rotatable bonds is 11. The van der Waals surface area contributed by atoms with Crippen LogP contribution < -0.4 is 0 Å². The fraction of sp³-hybridized carbons (Fsp3) is 0.889. The van der Waals surface area contributed by atoms with Gasteiger partial charge in [-0.2, -0.15) is 0 Å². The van der Waals surface area contributed by atoms with Crippen LogP contribution in [0.3, 0.4) is 0 Å². The van der Waals surface area contributed by atoms with Crippen LogP contribution in [0.15, 0.2) is 12.4 Å². The molecular weight excluding hydrogens is 244 g/mol. The van der Waals surface area contributed by atoms with Gasteiger partial charge in [-0.15, -0.1) is 0 Å². The maximum absolute atomic E-state index is 2.57. The van der Waals surface area contributed by atoms with Gasteiger partial charge in [0.05, 0.1) is 0 Å². The highest BCUT2D eigenvalue weighted by Gasteiger charge is 2.27. The summed E-state index contributed by atoms with van der Waals surface area (Å²) in [5, 5.41) is 0. The summed E-state index contributed by atoms with van der Waals surface area (Å²) in [6.45, 7) is 11.7. The minimum absolute atomic E-state index is 0.596. The maximum Gasteiger partial charge on any atom is 0.103 e. The highest BCUT2D eigenvalue weighted by Crippen LogP contribution is 2.24. The molecular formula is C18H36N2. The average Bonchev–Trinajstić information content (AvgIpc) is 2.83. The third-order valence-corrected chi connectivity index (χ3v) is 4.27. The van der Waals surface area contributed by atoms with Crippen LogP contribution in [0.1, 0.15) is 79.1 Å². The lowest BCUT2D eigenvalue weighted by Crippen LogP contribution is -2.43. The van der Waals surface area contributed by atoms with Crippen molar-refractivity contribution in [2.45, 2.75) is 85.2 Å². The van der Waals surface area contributed by atoms with Gasteiger partial charge in [0.25, 0.3) is 0 Å². The molecule has 0 aromatic rings. The summed E-state index contributed by atoms with van der Waals surface area (Å²) in [4.78, 5) is 5.14. The van der Waals surface area contributed by atoms with Crippen molar-refractivity contribution in [1.82, 2.24) is 9.80 Å². The van der Waals surface area contributed by atoms with Gasteiger partial charge in [-0.05, 0) is 18.8 Å². The van der Waals surface area contributed by atoms with Crippen LogP contribution >= 0.6 is 0 Å². The summed E-state index contributed by atoms with van der Waals surface area (Å²) < 4.78 is 0. The van der Waals surface area contributed by atoms with E-state index in [2.05, 4.69) is 49.9 Å². The Kier molecular flexibility index (Phi) is 8.80. The van der Waals surface area contributed by atoms with Crippen LogP contribution in [-0.2, 0) is 0 Å². The topological polar surface area (TPSA) is 6.48 Å². The minimum atomic E-state index is 0.596. The number of hydrogen-bond acceptors (Lipinski definition) is 2. The lowest BCUT2D eigenvalue weighted by Gasteiger charge is -2.36. The minimum Gasteiger partial charge on any atom is -0.356 e. The molecule has 0 radical (unpaired) electrons. The van der Waals surface area contributed by atoms with Crippen molar-refractivity contribution in [3.8, 4) is 0 Å². The molecule has 1 aliphatic heterocycles. The van der Waals surface area contributed by atoms with E-state index in [4.69, 9.17) is 0 Å². The largest absolute Gasteiger partial charge is 0.356 e. The van der Waals surface area contributed by atoms with Gasteiger partial charge in [0.1, 0.15) is 6.17 Å². The van der Waals surface area contributed by atoms with E-state index in [1.54, 1.807) is 0 Å². The van der Waals surface area contributed by atoms with Gasteiger partial charge < -0.3 is 9.80 Å². The summed E-state index contributed by atoms with van der Waals surface area (Å²) in [5.74, 6) is 0.697. The Balaban J connectivity index is 2.35. The third-order valence-electron chi connectivity index (χ3n) is 4.27. The second-order valence-electron chi connectivity index (χ2n) is 6.55. The zero-order valence-electron chi connectivity index (χ0n) is 14.3. The molecule has 0 amide bonds. The quantitative estimate of drug-likeness (QED) is 0.479. The second-order valence-corrected chi connectivity index (χ2v) is 6.55. The van der Waals surface area contributed by atoms with Crippen molar-refractivity contribution in [1.29, 1.82) is 0 Å². The van der Waals surface area contributed by atoms with Crippen molar-refractivity contribution >= 4 is 0 Å². The maximum atomic E-state index is 2.57. The van der Waals surface area contributed by atoms with Crippen molar-refractivity contribution in [2.75, 3.05) is 13.1 Å². The molecule has 0 saturated carbocycles. The summed E-state index contributed by atoms with van der Waals surface area (Å²) in [6, 6.07) is 0. The summed E-state index contributed by atoms with van der Waals surface area (Å²) in [5.41, 5.74) is 0. The molecule has 118 valence electrons. The molecule has 0 saturated heterocycles. The van der Waals surface area contributed by atoms with Crippen LogP contribution in [0, 0.1) is 5.92 Å². The van der Waals surface area contributed by atoms with Crippen LogP contribution in [0.25, 0.3) is 0 Å². The van der Waals surface area contributed by atoms with Gasteiger partial charge in [0.2, 0.25) is 0 Å². The van der Waals surface area contributed by atoms with E-state index >= 15 is 0 Å². The number of unbranched alkanes of at least 4 members (excludes halogenated alkanes) is 6. The zero-order chi connectivity index (χ0) is 14.8. The monoisotopic (exact) mass is 280 g/mol. The van der Waals surface area contributed by atoms with Gasteiger partial charge in [-0.3, -0.25) is 0 Å². The van der Waals surface area contributed by atoms with E-state index < -0.39 is 0 Å². The van der Waals surface area contributed by atoms with Crippen molar-refractivity contribution in [2.24, 2.45) is 5.92 Å². The smallest absolute Gasteiger partial charge is 0.103 e. The van der Waals surface area contributed by atoms with Crippen molar-refractivity contribution < 1.29 is 0 Å². The molecule has 0 unspecified atom stereocenters. The molecule has 0 atom stereocenters. The molecule has 0 aromatic carbocycles. The zero-order valence-corrected chi connectivity index (χ0v) is 14.3. The number of hydrogen-bond donors (Lipinski definition) is 0. The third kappa shape index (κ3) is 5.76. The fourth-order valence-corrected chi connectivity index (χ4v) is 3.16. The lowest BCUT2D eigenvalue weighted by atomic mass is 10.1. The molecule has 0 spiro atoms. The molecule has 2 heteroatoms. The Hall–Kier alpha value is -0.660. The second kappa shape index (κ2) is 10.1. The molecule has 1 heterocycles. The first kappa shape index (κ1) is 17.4. The van der Waals surface area contributed by atoms with Crippen molar-refractivity contribution in [3.05, 3.63) is 12.4 Å². The molecule has 0 fully saturated rings. The average molecular weight is 280 g/mol. The fourth-order valence-electron chi connectivity index (χ4n) is 3.16. The first-order chi connectivity index (χ1) is 9.70. The SMILES string of the molecule is CCCCCCN1C=CN(CCCCCC)C1C(C)C. The predicted molar refractivity (Wildman–Crippen MR) is 89.5 cm³/mol. The Morgan fingerprint density at radius 2 is 1.20 bits per heavy atom. The van der Waals surface area contributed by atoms with E-state index in [0.717, 1.165) is 0 Å². The van der Waals surface area contributed by atoms with E-state index in [1.165, 1.54) is 64.5 Å². The first-order valence-electron chi connectivity index (χ1n) is 8.90. The van der Waals surface area contributed by atoms with Crippen LogP contribution in [-0.4, -0.2) is 29.1 Å². The van der Waals surface area contributed by atoms with E-state index in [-0.39, 0.29) is 0 Å². The standard InChI is InChI=1S/C18H36N2/c1-5-7-9-11-13-19-15-16-20(18(19)17(3)4)14-12-10-8-6-2/h15-18H,5-14H2,1-4H3. The van der Waals surface area contributed by atoms with E-state index in [9.17, 15) is 0 Å². The lowest BCUT2D eigenvalue weighted by molar-refractivity contribution is 0.104. The van der Waals surface area contributed by atoms with Crippen molar-refractivity contribution in [3.63, 3.8) is 0 Å². The summed E-state index contributed by atoms with van der Waals surface area (Å²) in [7, 11) is 0. The van der Waals surface area contributed by atoms with Gasteiger partial charge in [0.15, 0.2) is 0 Å². The van der Waals surface area contributed by atoms with Gasteiger partial charge in [0, 0.05) is 25.5 Å². The molecule has 2 nitrogen and oxygen atoms in total. The molecule has 1 aliphatic rings. The van der Waals surface area contributed by atoms with Crippen LogP contribution in [0.5, 0.6) is 0 Å². The molecule has 1 rings (SSSR count). The summed E-state index contributed by atoms with van der Waals surface area (Å²) in [6.07, 6.45) is 16.1. The van der Waals surface area contributed by atoms with Crippen LogP contribution in [0.2, 0.25) is 0 Å².